The molecule has 5 nitrogen and oxygen atoms in total. The second kappa shape index (κ2) is 6.20. The molecule has 0 amide bonds. The van der Waals surface area contributed by atoms with Crippen LogP contribution in [0.3, 0.4) is 0 Å². The van der Waals surface area contributed by atoms with Gasteiger partial charge in [0.25, 0.3) is 0 Å². The number of nitrogens with one attached hydrogen (secondary N) is 1. The number of aliphatic hydroxyl groups excluding tert-OH is 1. The highest BCUT2D eigenvalue weighted by molar-refractivity contribution is 9.10. The third-order valence-electron chi connectivity index (χ3n) is 3.23. The molecule has 0 radical (unpaired) electrons. The van der Waals surface area contributed by atoms with Crippen molar-refractivity contribution in [3.05, 3.63) is 57.7 Å². The maximum atomic E-state index is 13.6. The smallest absolute Gasteiger partial charge is 0.153 e. The standard InChI is InChI=1S/C14H11BrClFN4O/c15-9-6-19-21-4-3-18-14(13(9)21)20-12(7-22)8-1-2-10(16)11(17)5-8/h1-6,12,22H,7H2,(H,18,20). The van der Waals surface area contributed by atoms with Gasteiger partial charge in [-0.1, -0.05) is 17.7 Å². The van der Waals surface area contributed by atoms with Crippen molar-refractivity contribution in [1.82, 2.24) is 14.6 Å². The Morgan fingerprint density at radius 3 is 3.00 bits per heavy atom. The molecule has 1 aromatic carbocycles. The highest BCUT2D eigenvalue weighted by Gasteiger charge is 2.16. The van der Waals surface area contributed by atoms with Crippen LogP contribution in [0, 0.1) is 5.82 Å². The predicted molar refractivity (Wildman–Crippen MR) is 85.5 cm³/mol. The largest absolute Gasteiger partial charge is 0.394 e. The summed E-state index contributed by atoms with van der Waals surface area (Å²) in [6, 6.07) is 3.89. The average molecular weight is 386 g/mol. The molecular formula is C14H11BrClFN4O. The number of aromatic nitrogens is 3. The van der Waals surface area contributed by atoms with Crippen molar-refractivity contribution in [2.75, 3.05) is 11.9 Å². The Hall–Kier alpha value is -1.70. The minimum atomic E-state index is -0.531. The fraction of sp³-hybridized carbons (Fsp3) is 0.143. The van der Waals surface area contributed by atoms with Gasteiger partial charge in [0.1, 0.15) is 11.3 Å². The van der Waals surface area contributed by atoms with Gasteiger partial charge in [-0.2, -0.15) is 5.10 Å². The molecule has 2 heterocycles. The van der Waals surface area contributed by atoms with Gasteiger partial charge in [-0.15, -0.1) is 0 Å². The second-order valence-corrected chi connectivity index (χ2v) is 5.88. The van der Waals surface area contributed by atoms with Crippen molar-refractivity contribution in [3.8, 4) is 0 Å². The van der Waals surface area contributed by atoms with Crippen molar-refractivity contribution < 1.29 is 9.50 Å². The molecule has 3 rings (SSSR count). The Kier molecular flexibility index (Phi) is 4.28. The molecule has 22 heavy (non-hydrogen) atoms. The lowest BCUT2D eigenvalue weighted by Gasteiger charge is -2.18. The molecule has 1 atom stereocenters. The van der Waals surface area contributed by atoms with Crippen molar-refractivity contribution >= 4 is 38.9 Å². The van der Waals surface area contributed by atoms with Gasteiger partial charge in [0.2, 0.25) is 0 Å². The van der Waals surface area contributed by atoms with Gasteiger partial charge in [0, 0.05) is 12.4 Å². The van der Waals surface area contributed by atoms with Crippen molar-refractivity contribution in [3.63, 3.8) is 0 Å². The topological polar surface area (TPSA) is 62.5 Å². The Morgan fingerprint density at radius 2 is 2.27 bits per heavy atom. The molecule has 0 saturated carbocycles. The SMILES string of the molecule is OCC(Nc1nccn2ncc(Br)c12)c1ccc(Cl)c(F)c1. The van der Waals surface area contributed by atoms with Crippen LogP contribution in [0.25, 0.3) is 5.52 Å². The number of nitrogens with zero attached hydrogens (tertiary/aromatic N) is 3. The maximum absolute atomic E-state index is 13.6. The van der Waals surface area contributed by atoms with Gasteiger partial charge in [0.05, 0.1) is 28.3 Å². The molecular weight excluding hydrogens is 375 g/mol. The first kappa shape index (κ1) is 15.2. The number of hydrogen-bond donors (Lipinski definition) is 2. The van der Waals surface area contributed by atoms with Gasteiger partial charge in [-0.3, -0.25) is 0 Å². The monoisotopic (exact) mass is 384 g/mol. The third kappa shape index (κ3) is 2.79. The zero-order chi connectivity index (χ0) is 15.7. The van der Waals surface area contributed by atoms with Crippen molar-refractivity contribution in [2.45, 2.75) is 6.04 Å². The lowest BCUT2D eigenvalue weighted by molar-refractivity contribution is 0.276. The first-order valence-corrected chi connectivity index (χ1v) is 7.57. The molecule has 2 aromatic heterocycles. The van der Waals surface area contributed by atoms with Crippen LogP contribution in [0.1, 0.15) is 11.6 Å². The van der Waals surface area contributed by atoms with E-state index in [1.807, 2.05) is 0 Å². The van der Waals surface area contributed by atoms with E-state index >= 15 is 0 Å². The quantitative estimate of drug-likeness (QED) is 0.722. The van der Waals surface area contributed by atoms with Crippen molar-refractivity contribution in [1.29, 1.82) is 0 Å². The van der Waals surface area contributed by atoms with E-state index < -0.39 is 11.9 Å². The molecule has 114 valence electrons. The van der Waals surface area contributed by atoms with Gasteiger partial charge in [0.15, 0.2) is 5.82 Å². The normalized spacial score (nSPS) is 12.5. The Labute approximate surface area is 138 Å². The van der Waals surface area contributed by atoms with E-state index in [0.717, 1.165) is 9.99 Å². The summed E-state index contributed by atoms with van der Waals surface area (Å²) in [5.74, 6) is -0.00241. The Balaban J connectivity index is 1.97. The van der Waals surface area contributed by atoms with E-state index in [1.165, 1.54) is 12.1 Å². The number of aliphatic hydroxyl groups is 1. The number of anilines is 1. The minimum Gasteiger partial charge on any atom is -0.394 e. The molecule has 2 N–H and O–H groups in total. The predicted octanol–water partition coefficient (Wildman–Crippen LogP) is 3.43. The lowest BCUT2D eigenvalue weighted by Crippen LogP contribution is -2.16. The zero-order valence-corrected chi connectivity index (χ0v) is 13.5. The second-order valence-electron chi connectivity index (χ2n) is 4.61. The summed E-state index contributed by atoms with van der Waals surface area (Å²) in [7, 11) is 0. The summed E-state index contributed by atoms with van der Waals surface area (Å²) >= 11 is 9.09. The number of fused-ring (bicyclic) bond motifs is 1. The van der Waals surface area contributed by atoms with Gasteiger partial charge >= 0.3 is 0 Å². The number of benzene rings is 1. The molecule has 0 aliphatic carbocycles. The molecule has 0 saturated heterocycles. The molecule has 0 aliphatic rings. The fourth-order valence-corrected chi connectivity index (χ4v) is 2.72. The van der Waals surface area contributed by atoms with Crippen LogP contribution < -0.4 is 5.32 Å². The highest BCUT2D eigenvalue weighted by atomic mass is 79.9. The molecule has 3 aromatic rings. The lowest BCUT2D eigenvalue weighted by atomic mass is 10.1. The first-order chi connectivity index (χ1) is 10.6. The average Bonchev–Trinajstić information content (AvgIpc) is 2.90. The molecule has 0 fully saturated rings. The fourth-order valence-electron chi connectivity index (χ4n) is 2.14. The van der Waals surface area contributed by atoms with Gasteiger partial charge in [-0.25, -0.2) is 13.9 Å². The summed E-state index contributed by atoms with van der Waals surface area (Å²) < 4.78 is 16.0. The van der Waals surface area contributed by atoms with E-state index in [1.54, 1.807) is 29.2 Å². The molecule has 0 aliphatic heterocycles. The van der Waals surface area contributed by atoms with Crippen LogP contribution in [0.2, 0.25) is 5.02 Å². The summed E-state index contributed by atoms with van der Waals surface area (Å²) in [5, 5.41) is 16.9. The van der Waals surface area contributed by atoms with Gasteiger partial charge in [-0.05, 0) is 33.6 Å². The molecule has 8 heteroatoms. The molecule has 0 spiro atoms. The van der Waals surface area contributed by atoms with E-state index in [4.69, 9.17) is 11.6 Å². The van der Waals surface area contributed by atoms with Crippen LogP contribution in [-0.4, -0.2) is 26.3 Å². The maximum Gasteiger partial charge on any atom is 0.153 e. The minimum absolute atomic E-state index is 0.0409. The van der Waals surface area contributed by atoms with Crippen LogP contribution in [0.5, 0.6) is 0 Å². The first-order valence-electron chi connectivity index (χ1n) is 6.40. The van der Waals surface area contributed by atoms with Crippen LogP contribution in [0.15, 0.2) is 41.3 Å². The van der Waals surface area contributed by atoms with Crippen LogP contribution in [0.4, 0.5) is 10.2 Å². The van der Waals surface area contributed by atoms with E-state index in [0.29, 0.717) is 11.4 Å². The Morgan fingerprint density at radius 1 is 1.45 bits per heavy atom. The number of rotatable bonds is 4. The molecule has 0 bridgehead atoms. The molecule has 1 unspecified atom stereocenters. The summed E-state index contributed by atoms with van der Waals surface area (Å²) in [4.78, 5) is 4.26. The highest BCUT2D eigenvalue weighted by Crippen LogP contribution is 2.27. The zero-order valence-electron chi connectivity index (χ0n) is 11.2. The van der Waals surface area contributed by atoms with Gasteiger partial charge < -0.3 is 10.4 Å². The van der Waals surface area contributed by atoms with Crippen molar-refractivity contribution in [2.24, 2.45) is 0 Å². The summed E-state index contributed by atoms with van der Waals surface area (Å²) in [6.07, 6.45) is 4.95. The third-order valence-corrected chi connectivity index (χ3v) is 4.11. The number of halogens is 3. The van der Waals surface area contributed by atoms with E-state index in [2.05, 4.69) is 31.3 Å². The number of hydrogen-bond acceptors (Lipinski definition) is 4. The summed E-state index contributed by atoms with van der Waals surface area (Å²) in [6.45, 7) is -0.227. The van der Waals surface area contributed by atoms with Crippen LogP contribution in [-0.2, 0) is 0 Å². The summed E-state index contributed by atoms with van der Waals surface area (Å²) in [5.41, 5.74) is 1.30. The van der Waals surface area contributed by atoms with E-state index in [-0.39, 0.29) is 11.6 Å². The van der Waals surface area contributed by atoms with E-state index in [9.17, 15) is 9.50 Å². The van der Waals surface area contributed by atoms with Crippen LogP contribution >= 0.6 is 27.5 Å². The Bertz CT molecular complexity index is 826.